The highest BCUT2D eigenvalue weighted by Crippen LogP contribution is 2.28. The Bertz CT molecular complexity index is 1520. The lowest BCUT2D eigenvalue weighted by atomic mass is 9.87. The molecule has 1 aromatic heterocycles. The molecule has 0 unspecified atom stereocenters. The molecule has 0 atom stereocenters. The Labute approximate surface area is 236 Å². The van der Waals surface area contributed by atoms with Crippen molar-refractivity contribution in [1.82, 2.24) is 14.3 Å². The predicted molar refractivity (Wildman–Crippen MR) is 158 cm³/mol. The summed E-state index contributed by atoms with van der Waals surface area (Å²) < 4.78 is 8.68. The van der Waals surface area contributed by atoms with Gasteiger partial charge < -0.3 is 9.84 Å². The van der Waals surface area contributed by atoms with Crippen LogP contribution in [0.5, 0.6) is 5.75 Å². The van der Waals surface area contributed by atoms with E-state index < -0.39 is 5.97 Å². The van der Waals surface area contributed by atoms with Gasteiger partial charge in [0.2, 0.25) is 0 Å². The number of rotatable bonds is 11. The van der Waals surface area contributed by atoms with E-state index in [2.05, 4.69) is 57.2 Å². The number of carbonyl (C=O) groups is 1. The fourth-order valence-corrected chi connectivity index (χ4v) is 4.99. The molecule has 1 heterocycles. The SMILES string of the molecule is CCn1c(CCCc2cccc(-c3ccc(OC)c(CC(=O)O)c3)c2)nn(Cc2ccc(C(C)(C)C)cc2)c1=O. The van der Waals surface area contributed by atoms with Crippen molar-refractivity contribution in [2.45, 2.75) is 71.9 Å². The molecular weight excluding hydrogens is 502 g/mol. The summed E-state index contributed by atoms with van der Waals surface area (Å²) in [5.74, 6) is 0.490. The fourth-order valence-electron chi connectivity index (χ4n) is 4.99. The van der Waals surface area contributed by atoms with Crippen LogP contribution in [0.4, 0.5) is 0 Å². The molecule has 0 amide bonds. The molecule has 0 radical (unpaired) electrons. The normalized spacial score (nSPS) is 11.5. The molecule has 0 aliphatic heterocycles. The Morgan fingerprint density at radius 2 is 1.68 bits per heavy atom. The lowest BCUT2D eigenvalue weighted by Gasteiger charge is -2.19. The van der Waals surface area contributed by atoms with E-state index in [0.717, 1.165) is 35.4 Å². The zero-order valence-corrected chi connectivity index (χ0v) is 24.1. The van der Waals surface area contributed by atoms with Gasteiger partial charge in [-0.05, 0) is 65.1 Å². The number of hydrogen-bond donors (Lipinski definition) is 1. The maximum Gasteiger partial charge on any atom is 0.346 e. The third-order valence-corrected chi connectivity index (χ3v) is 7.22. The minimum absolute atomic E-state index is 0.0731. The molecule has 4 aromatic rings. The van der Waals surface area contributed by atoms with Gasteiger partial charge in [0.1, 0.15) is 11.6 Å². The van der Waals surface area contributed by atoms with Crippen molar-refractivity contribution in [1.29, 1.82) is 0 Å². The first-order valence-electron chi connectivity index (χ1n) is 13.8. The summed E-state index contributed by atoms with van der Waals surface area (Å²) in [6.07, 6.45) is 2.30. The first-order chi connectivity index (χ1) is 19.1. The van der Waals surface area contributed by atoms with E-state index in [1.807, 2.05) is 37.3 Å². The summed E-state index contributed by atoms with van der Waals surface area (Å²) in [6.45, 7) is 9.59. The molecule has 0 fully saturated rings. The summed E-state index contributed by atoms with van der Waals surface area (Å²) >= 11 is 0. The Morgan fingerprint density at radius 1 is 0.950 bits per heavy atom. The molecule has 210 valence electrons. The van der Waals surface area contributed by atoms with Crippen LogP contribution < -0.4 is 10.4 Å². The molecule has 0 spiro atoms. The largest absolute Gasteiger partial charge is 0.496 e. The Balaban J connectivity index is 1.45. The van der Waals surface area contributed by atoms with Gasteiger partial charge in [0.15, 0.2) is 0 Å². The van der Waals surface area contributed by atoms with Crippen molar-refractivity contribution in [2.24, 2.45) is 0 Å². The van der Waals surface area contributed by atoms with Gasteiger partial charge in [-0.1, -0.05) is 75.4 Å². The summed E-state index contributed by atoms with van der Waals surface area (Å²) in [5, 5.41) is 14.0. The monoisotopic (exact) mass is 541 g/mol. The third kappa shape index (κ3) is 6.89. The Hall–Kier alpha value is -4.13. The molecule has 3 aromatic carbocycles. The van der Waals surface area contributed by atoms with Crippen LogP contribution in [0.3, 0.4) is 0 Å². The molecule has 0 saturated carbocycles. The highest BCUT2D eigenvalue weighted by molar-refractivity contribution is 5.74. The summed E-state index contributed by atoms with van der Waals surface area (Å²) in [7, 11) is 1.55. The summed E-state index contributed by atoms with van der Waals surface area (Å²) in [6, 6.07) is 22.4. The maximum absolute atomic E-state index is 13.0. The molecule has 0 aliphatic carbocycles. The van der Waals surface area contributed by atoms with E-state index >= 15 is 0 Å². The maximum atomic E-state index is 13.0. The molecule has 0 aliphatic rings. The molecule has 7 nitrogen and oxygen atoms in total. The highest BCUT2D eigenvalue weighted by atomic mass is 16.5. The van der Waals surface area contributed by atoms with E-state index in [4.69, 9.17) is 9.84 Å². The van der Waals surface area contributed by atoms with Gasteiger partial charge in [-0.2, -0.15) is 5.10 Å². The quantitative estimate of drug-likeness (QED) is 0.256. The molecule has 0 saturated heterocycles. The number of aryl methyl sites for hydroxylation is 2. The second kappa shape index (κ2) is 12.4. The van der Waals surface area contributed by atoms with Crippen LogP contribution in [0.2, 0.25) is 0 Å². The van der Waals surface area contributed by atoms with E-state index in [-0.39, 0.29) is 17.5 Å². The van der Waals surface area contributed by atoms with Crippen molar-refractivity contribution >= 4 is 5.97 Å². The van der Waals surface area contributed by atoms with E-state index in [9.17, 15) is 14.7 Å². The second-order valence-electron chi connectivity index (χ2n) is 11.2. The number of carboxylic acid groups (broad SMARTS) is 1. The Kier molecular flexibility index (Phi) is 8.93. The lowest BCUT2D eigenvalue weighted by Crippen LogP contribution is -2.25. The van der Waals surface area contributed by atoms with Crippen molar-refractivity contribution in [3.05, 3.63) is 105 Å². The van der Waals surface area contributed by atoms with Crippen LogP contribution >= 0.6 is 0 Å². The van der Waals surface area contributed by atoms with E-state index in [1.165, 1.54) is 11.1 Å². The molecule has 0 bridgehead atoms. The number of benzene rings is 3. The van der Waals surface area contributed by atoms with Gasteiger partial charge in [0.05, 0.1) is 20.1 Å². The first kappa shape index (κ1) is 28.9. The van der Waals surface area contributed by atoms with Gasteiger partial charge >= 0.3 is 11.7 Å². The molecule has 40 heavy (non-hydrogen) atoms. The highest BCUT2D eigenvalue weighted by Gasteiger charge is 2.15. The van der Waals surface area contributed by atoms with E-state index in [0.29, 0.717) is 30.8 Å². The van der Waals surface area contributed by atoms with Crippen LogP contribution in [-0.4, -0.2) is 32.5 Å². The molecule has 1 N–H and O–H groups in total. The van der Waals surface area contributed by atoms with Crippen LogP contribution in [0.15, 0.2) is 71.5 Å². The Morgan fingerprint density at radius 3 is 2.33 bits per heavy atom. The van der Waals surface area contributed by atoms with Crippen molar-refractivity contribution < 1.29 is 14.6 Å². The van der Waals surface area contributed by atoms with Gasteiger partial charge in [-0.25, -0.2) is 9.48 Å². The molecule has 4 rings (SSSR count). The van der Waals surface area contributed by atoms with Gasteiger partial charge in [0.25, 0.3) is 0 Å². The van der Waals surface area contributed by atoms with Crippen LogP contribution in [0, 0.1) is 0 Å². The number of aromatic nitrogens is 3. The zero-order chi connectivity index (χ0) is 28.9. The molecular formula is C33H39N3O4. The summed E-state index contributed by atoms with van der Waals surface area (Å²) in [4.78, 5) is 24.3. The topological polar surface area (TPSA) is 86.3 Å². The number of methoxy groups -OCH3 is 1. The lowest BCUT2D eigenvalue weighted by molar-refractivity contribution is -0.136. The molecule has 7 heteroatoms. The number of nitrogens with zero attached hydrogens (tertiary/aromatic N) is 3. The van der Waals surface area contributed by atoms with Crippen molar-refractivity contribution in [2.75, 3.05) is 7.11 Å². The van der Waals surface area contributed by atoms with Crippen molar-refractivity contribution in [3.63, 3.8) is 0 Å². The minimum atomic E-state index is -0.893. The van der Waals surface area contributed by atoms with Crippen LogP contribution in [0.25, 0.3) is 11.1 Å². The van der Waals surface area contributed by atoms with Gasteiger partial charge in [0, 0.05) is 18.5 Å². The number of carboxylic acids is 1. The average Bonchev–Trinajstić information content (AvgIpc) is 3.21. The van der Waals surface area contributed by atoms with Crippen LogP contribution in [0.1, 0.15) is 62.2 Å². The smallest absolute Gasteiger partial charge is 0.346 e. The van der Waals surface area contributed by atoms with Crippen molar-refractivity contribution in [3.8, 4) is 16.9 Å². The minimum Gasteiger partial charge on any atom is -0.496 e. The predicted octanol–water partition coefficient (Wildman–Crippen LogP) is 5.89. The number of ether oxygens (including phenoxy) is 1. The van der Waals surface area contributed by atoms with E-state index in [1.54, 1.807) is 16.4 Å². The average molecular weight is 542 g/mol. The summed E-state index contributed by atoms with van der Waals surface area (Å²) in [5.41, 5.74) is 6.14. The van der Waals surface area contributed by atoms with Crippen LogP contribution in [-0.2, 0) is 42.6 Å². The van der Waals surface area contributed by atoms with Gasteiger partial charge in [-0.15, -0.1) is 0 Å². The fraction of sp³-hybridized carbons (Fsp3) is 0.364. The third-order valence-electron chi connectivity index (χ3n) is 7.22. The standard InChI is InChI=1S/C33H39N3O4/c1-6-35-30(34-36(32(35)39)22-24-13-16-28(17-14-24)33(2,3)4)12-8-10-23-9-7-11-25(19-23)26-15-18-29(40-5)27(20-26)21-31(37)38/h7,9,11,13-20H,6,8,10,12,21-22H2,1-5H3,(H,37,38). The zero-order valence-electron chi connectivity index (χ0n) is 24.1. The first-order valence-corrected chi connectivity index (χ1v) is 13.8. The number of hydrogen-bond acceptors (Lipinski definition) is 4. The second-order valence-corrected chi connectivity index (χ2v) is 11.2. The number of aliphatic carboxylic acids is 1. The van der Waals surface area contributed by atoms with Gasteiger partial charge in [-0.3, -0.25) is 9.36 Å².